The zero-order valence-corrected chi connectivity index (χ0v) is 11.1. The van der Waals surface area contributed by atoms with Crippen molar-refractivity contribution in [3.63, 3.8) is 0 Å². The highest BCUT2D eigenvalue weighted by atomic mass is 32.2. The number of hydrogen-bond donors (Lipinski definition) is 1. The molecule has 0 aliphatic carbocycles. The van der Waals surface area contributed by atoms with E-state index in [-0.39, 0.29) is 11.3 Å². The van der Waals surface area contributed by atoms with Gasteiger partial charge in [-0.3, -0.25) is 4.68 Å². The van der Waals surface area contributed by atoms with Crippen molar-refractivity contribution in [3.05, 3.63) is 41.5 Å². The van der Waals surface area contributed by atoms with Crippen molar-refractivity contribution >= 4 is 15.8 Å². The number of hydrogen-bond acceptors (Lipinski definition) is 5. The second kappa shape index (κ2) is 5.00. The first kappa shape index (κ1) is 14.1. The van der Waals surface area contributed by atoms with E-state index in [2.05, 4.69) is 10.3 Å². The van der Waals surface area contributed by atoms with Crippen molar-refractivity contribution in [2.45, 2.75) is 10.6 Å². The quantitative estimate of drug-likeness (QED) is 0.888. The minimum Gasteiger partial charge on any atom is -0.478 e. The van der Waals surface area contributed by atoms with Crippen LogP contribution in [0.2, 0.25) is 0 Å². The summed E-state index contributed by atoms with van der Waals surface area (Å²) in [5.74, 6) is -2.94. The third-order valence-corrected chi connectivity index (χ3v) is 4.18. The number of carboxylic acids is 1. The average Bonchev–Trinajstić information content (AvgIpc) is 2.73. The molecule has 106 valence electrons. The highest BCUT2D eigenvalue weighted by Gasteiger charge is 2.22. The highest BCUT2D eigenvalue weighted by Crippen LogP contribution is 2.20. The lowest BCUT2D eigenvalue weighted by atomic mass is 10.2. The molecule has 0 saturated heterocycles. The van der Waals surface area contributed by atoms with Crippen LogP contribution in [0.15, 0.2) is 29.3 Å². The number of aromatic nitrogens is 3. The largest absolute Gasteiger partial charge is 0.478 e. The molecular weight excluding hydrogens is 289 g/mol. The van der Waals surface area contributed by atoms with Crippen LogP contribution in [0.4, 0.5) is 4.39 Å². The fourth-order valence-corrected chi connectivity index (χ4v) is 2.93. The molecule has 7 nitrogen and oxygen atoms in total. The van der Waals surface area contributed by atoms with Gasteiger partial charge >= 0.3 is 5.97 Å². The Labute approximate surface area is 113 Å². The summed E-state index contributed by atoms with van der Waals surface area (Å²) in [5.41, 5.74) is -0.143. The molecule has 0 aliphatic heterocycles. The van der Waals surface area contributed by atoms with Gasteiger partial charge in [0.1, 0.15) is 16.5 Å². The summed E-state index contributed by atoms with van der Waals surface area (Å²) in [5, 5.41) is 15.9. The van der Waals surface area contributed by atoms with Crippen LogP contribution >= 0.6 is 0 Å². The number of aromatic carboxylic acids is 1. The Morgan fingerprint density at radius 1 is 1.45 bits per heavy atom. The highest BCUT2D eigenvalue weighted by molar-refractivity contribution is 7.90. The summed E-state index contributed by atoms with van der Waals surface area (Å²) in [6.45, 7) is 0. The molecule has 0 spiro atoms. The molecule has 0 amide bonds. The predicted octanol–water partition coefficient (Wildman–Crippen LogP) is 0.626. The van der Waals surface area contributed by atoms with E-state index < -0.39 is 32.3 Å². The van der Waals surface area contributed by atoms with Crippen molar-refractivity contribution in [1.82, 2.24) is 15.0 Å². The second-order valence-electron chi connectivity index (χ2n) is 4.09. The van der Waals surface area contributed by atoms with Crippen molar-refractivity contribution in [3.8, 4) is 0 Å². The standard InChI is InChI=1S/C11H10FN3O4S/c1-15-5-8(13-14-15)6-20(18,19)10-3-2-7(11(16)17)4-9(10)12/h2-5H,6H2,1H3,(H,16,17). The zero-order valence-electron chi connectivity index (χ0n) is 10.3. The van der Waals surface area contributed by atoms with E-state index in [1.54, 1.807) is 7.05 Å². The van der Waals surface area contributed by atoms with Gasteiger partial charge in [0.25, 0.3) is 0 Å². The summed E-state index contributed by atoms with van der Waals surface area (Å²) in [7, 11) is -2.38. The molecule has 0 radical (unpaired) electrons. The monoisotopic (exact) mass is 299 g/mol. The molecule has 0 aliphatic rings. The van der Waals surface area contributed by atoms with Crippen LogP contribution in [0.3, 0.4) is 0 Å². The first-order valence-electron chi connectivity index (χ1n) is 5.40. The minimum atomic E-state index is -3.96. The van der Waals surface area contributed by atoms with E-state index in [9.17, 15) is 17.6 Å². The maximum Gasteiger partial charge on any atom is 0.335 e. The van der Waals surface area contributed by atoms with Gasteiger partial charge in [0.15, 0.2) is 9.84 Å². The van der Waals surface area contributed by atoms with Gasteiger partial charge in [-0.05, 0) is 18.2 Å². The van der Waals surface area contributed by atoms with Gasteiger partial charge in [-0.15, -0.1) is 5.10 Å². The third kappa shape index (κ3) is 2.82. The van der Waals surface area contributed by atoms with E-state index in [4.69, 9.17) is 5.11 Å². The summed E-state index contributed by atoms with van der Waals surface area (Å²) < 4.78 is 39.2. The van der Waals surface area contributed by atoms with Gasteiger partial charge in [-0.1, -0.05) is 5.21 Å². The van der Waals surface area contributed by atoms with E-state index >= 15 is 0 Å². The number of aryl methyl sites for hydroxylation is 1. The topological polar surface area (TPSA) is 102 Å². The summed E-state index contributed by atoms with van der Waals surface area (Å²) in [6, 6.07) is 2.64. The smallest absolute Gasteiger partial charge is 0.335 e. The van der Waals surface area contributed by atoms with E-state index in [1.807, 2.05) is 0 Å². The normalized spacial score (nSPS) is 11.5. The van der Waals surface area contributed by atoms with E-state index in [0.717, 1.165) is 12.1 Å². The fourth-order valence-electron chi connectivity index (χ4n) is 1.62. The minimum absolute atomic E-state index is 0.175. The molecule has 2 aromatic rings. The van der Waals surface area contributed by atoms with Crippen molar-refractivity contribution in [1.29, 1.82) is 0 Å². The lowest BCUT2D eigenvalue weighted by Crippen LogP contribution is -2.09. The SMILES string of the molecule is Cn1cc(CS(=O)(=O)c2ccc(C(=O)O)cc2F)nn1. The van der Waals surface area contributed by atoms with Gasteiger partial charge < -0.3 is 5.11 Å². The van der Waals surface area contributed by atoms with Crippen molar-refractivity contribution < 1.29 is 22.7 Å². The van der Waals surface area contributed by atoms with Crippen LogP contribution in [-0.4, -0.2) is 34.5 Å². The van der Waals surface area contributed by atoms with Crippen molar-refractivity contribution in [2.75, 3.05) is 0 Å². The Morgan fingerprint density at radius 2 is 2.15 bits per heavy atom. The van der Waals surface area contributed by atoms with Crippen LogP contribution in [0.25, 0.3) is 0 Å². The van der Waals surface area contributed by atoms with Crippen LogP contribution in [0, 0.1) is 5.82 Å². The number of halogens is 1. The number of sulfone groups is 1. The average molecular weight is 299 g/mol. The molecule has 0 fully saturated rings. The van der Waals surface area contributed by atoms with Crippen LogP contribution < -0.4 is 0 Å². The molecule has 2 rings (SSSR count). The summed E-state index contributed by atoms with van der Waals surface area (Å²) in [6.07, 6.45) is 1.40. The molecule has 1 N–H and O–H groups in total. The first-order chi connectivity index (χ1) is 9.29. The van der Waals surface area contributed by atoms with Gasteiger partial charge in [0.05, 0.1) is 11.3 Å². The van der Waals surface area contributed by atoms with Gasteiger partial charge in [-0.25, -0.2) is 17.6 Å². The van der Waals surface area contributed by atoms with Crippen LogP contribution in [-0.2, 0) is 22.6 Å². The van der Waals surface area contributed by atoms with Gasteiger partial charge in [0, 0.05) is 13.2 Å². The molecular formula is C11H10FN3O4S. The summed E-state index contributed by atoms with van der Waals surface area (Å²) >= 11 is 0. The Kier molecular flexibility index (Phi) is 3.53. The van der Waals surface area contributed by atoms with Crippen LogP contribution in [0.1, 0.15) is 16.1 Å². The second-order valence-corrected chi connectivity index (χ2v) is 6.05. The maximum atomic E-state index is 13.7. The lowest BCUT2D eigenvalue weighted by Gasteiger charge is -2.04. The Balaban J connectivity index is 2.37. The molecule has 0 atom stereocenters. The Bertz CT molecular complexity index is 770. The molecule has 20 heavy (non-hydrogen) atoms. The van der Waals surface area contributed by atoms with E-state index in [1.165, 1.54) is 10.9 Å². The van der Waals surface area contributed by atoms with Crippen molar-refractivity contribution in [2.24, 2.45) is 7.05 Å². The van der Waals surface area contributed by atoms with Gasteiger partial charge in [0.2, 0.25) is 0 Å². The van der Waals surface area contributed by atoms with Gasteiger partial charge in [-0.2, -0.15) is 0 Å². The number of benzene rings is 1. The lowest BCUT2D eigenvalue weighted by molar-refractivity contribution is 0.0696. The summed E-state index contributed by atoms with van der Waals surface area (Å²) in [4.78, 5) is 10.1. The number of rotatable bonds is 4. The molecule has 1 aromatic heterocycles. The number of nitrogens with zero attached hydrogens (tertiary/aromatic N) is 3. The molecule has 1 aromatic carbocycles. The number of carbonyl (C=O) groups is 1. The molecule has 0 bridgehead atoms. The molecule has 0 saturated carbocycles. The fraction of sp³-hybridized carbons (Fsp3) is 0.182. The Morgan fingerprint density at radius 3 is 2.65 bits per heavy atom. The first-order valence-corrected chi connectivity index (χ1v) is 7.05. The maximum absolute atomic E-state index is 13.7. The van der Waals surface area contributed by atoms with Crippen LogP contribution in [0.5, 0.6) is 0 Å². The molecule has 1 heterocycles. The predicted molar refractivity (Wildman–Crippen MR) is 65.3 cm³/mol. The third-order valence-electron chi connectivity index (χ3n) is 2.50. The molecule has 9 heteroatoms. The Hall–Kier alpha value is -2.29. The zero-order chi connectivity index (χ0) is 14.9. The van der Waals surface area contributed by atoms with E-state index in [0.29, 0.717) is 6.07 Å². The number of carboxylic acid groups (broad SMARTS) is 1. The molecule has 0 unspecified atom stereocenters.